The summed E-state index contributed by atoms with van der Waals surface area (Å²) in [6, 6.07) is 15.1. The summed E-state index contributed by atoms with van der Waals surface area (Å²) in [4.78, 5) is 23.1. The van der Waals surface area contributed by atoms with Crippen molar-refractivity contribution in [2.45, 2.75) is 46.0 Å². The van der Waals surface area contributed by atoms with Crippen molar-refractivity contribution in [2.75, 3.05) is 0 Å². The molecule has 0 aliphatic rings. The first kappa shape index (κ1) is 21.2. The predicted octanol–water partition coefficient (Wildman–Crippen LogP) is 5.29. The maximum Gasteiger partial charge on any atom is 0.344 e. The number of aromatic nitrogens is 2. The van der Waals surface area contributed by atoms with Crippen LogP contribution in [0.1, 0.15) is 54.7 Å². The molecule has 3 rings (SSSR count). The second-order valence-electron chi connectivity index (χ2n) is 7.06. The summed E-state index contributed by atoms with van der Waals surface area (Å²) >= 11 is 0. The Hall–Kier alpha value is -3.48. The van der Waals surface area contributed by atoms with E-state index in [0.29, 0.717) is 17.7 Å². The van der Waals surface area contributed by atoms with Crippen LogP contribution in [-0.4, -0.2) is 20.7 Å². The van der Waals surface area contributed by atoms with Gasteiger partial charge in [0.15, 0.2) is 0 Å². The second-order valence-corrected chi connectivity index (χ2v) is 7.06. The van der Waals surface area contributed by atoms with E-state index in [0.717, 1.165) is 18.5 Å². The van der Waals surface area contributed by atoms with Gasteiger partial charge in [-0.1, -0.05) is 38.8 Å². The minimum atomic E-state index is -0.471. The van der Waals surface area contributed by atoms with Crippen LogP contribution in [-0.2, 0) is 12.8 Å². The van der Waals surface area contributed by atoms with Crippen LogP contribution in [0.15, 0.2) is 54.6 Å². The molecule has 1 heterocycles. The molecule has 0 radical (unpaired) electrons. The smallest absolute Gasteiger partial charge is 0.344 e. The van der Waals surface area contributed by atoms with Gasteiger partial charge in [-0.2, -0.15) is 5.10 Å². The highest BCUT2D eigenvalue weighted by molar-refractivity contribution is 5.91. The van der Waals surface area contributed by atoms with Crippen LogP contribution in [0.5, 0.6) is 5.88 Å². The topological polar surface area (TPSA) is 87.3 Å². The molecule has 3 aromatic rings. The Bertz CT molecular complexity index is 1010. The first-order chi connectivity index (χ1) is 14.5. The quantitative estimate of drug-likeness (QED) is 0.208. The largest absolute Gasteiger partial charge is 0.404 e. The first-order valence-electron chi connectivity index (χ1n) is 10.2. The average Bonchev–Trinajstić information content (AvgIpc) is 3.17. The van der Waals surface area contributed by atoms with E-state index in [1.165, 1.54) is 35.2 Å². The van der Waals surface area contributed by atoms with E-state index in [9.17, 15) is 14.9 Å². The van der Waals surface area contributed by atoms with Crippen LogP contribution in [0.25, 0.3) is 5.69 Å². The molecule has 0 unspecified atom stereocenters. The summed E-state index contributed by atoms with van der Waals surface area (Å²) in [7, 11) is 0. The molecule has 7 nitrogen and oxygen atoms in total. The Morgan fingerprint density at radius 2 is 1.77 bits per heavy atom. The molecule has 2 aromatic carbocycles. The van der Waals surface area contributed by atoms with Crippen LogP contribution in [0.4, 0.5) is 5.69 Å². The van der Waals surface area contributed by atoms with E-state index in [2.05, 4.69) is 12.0 Å². The molecule has 0 fully saturated rings. The number of hydrogen-bond acceptors (Lipinski definition) is 5. The fraction of sp³-hybridized carbons (Fsp3) is 0.304. The number of nitro groups is 1. The first-order valence-corrected chi connectivity index (χ1v) is 10.2. The van der Waals surface area contributed by atoms with Gasteiger partial charge in [-0.25, -0.2) is 9.48 Å². The number of rotatable bonds is 9. The van der Waals surface area contributed by atoms with E-state index < -0.39 is 10.9 Å². The number of carbonyl (C=O) groups excluding carboxylic acids is 1. The monoisotopic (exact) mass is 407 g/mol. The number of aryl methyl sites for hydroxylation is 2. The summed E-state index contributed by atoms with van der Waals surface area (Å²) in [6.45, 7) is 4.12. The fourth-order valence-electron chi connectivity index (χ4n) is 3.10. The SMILES string of the molecule is CCCCCc1ccc(C(=O)Oc2cc(CC)nn2-c2ccc([N+](=O)[O-])cc2)cc1. The Morgan fingerprint density at radius 3 is 2.37 bits per heavy atom. The molecular weight excluding hydrogens is 382 g/mol. The van der Waals surface area contributed by atoms with Gasteiger partial charge >= 0.3 is 5.97 Å². The van der Waals surface area contributed by atoms with Gasteiger partial charge in [-0.15, -0.1) is 0 Å². The van der Waals surface area contributed by atoms with Crippen LogP contribution >= 0.6 is 0 Å². The number of benzene rings is 2. The molecule has 0 N–H and O–H groups in total. The lowest BCUT2D eigenvalue weighted by Crippen LogP contribution is -2.12. The van der Waals surface area contributed by atoms with Gasteiger partial charge in [-0.05, 0) is 49.1 Å². The molecule has 0 aliphatic heterocycles. The molecule has 0 saturated heterocycles. The van der Waals surface area contributed by atoms with Crippen molar-refractivity contribution in [1.82, 2.24) is 9.78 Å². The third-order valence-corrected chi connectivity index (χ3v) is 4.85. The van der Waals surface area contributed by atoms with E-state index >= 15 is 0 Å². The number of unbranched alkanes of at least 4 members (excludes halogenated alkanes) is 2. The number of ether oxygens (including phenoxy) is 1. The van der Waals surface area contributed by atoms with Gasteiger partial charge in [0, 0.05) is 18.2 Å². The van der Waals surface area contributed by atoms with Crippen molar-refractivity contribution in [2.24, 2.45) is 0 Å². The molecule has 0 saturated carbocycles. The van der Waals surface area contributed by atoms with Crippen LogP contribution in [0.2, 0.25) is 0 Å². The van der Waals surface area contributed by atoms with Crippen molar-refractivity contribution >= 4 is 11.7 Å². The lowest BCUT2D eigenvalue weighted by Gasteiger charge is -2.08. The van der Waals surface area contributed by atoms with Gasteiger partial charge in [0.2, 0.25) is 5.88 Å². The maximum atomic E-state index is 12.7. The van der Waals surface area contributed by atoms with E-state index in [1.54, 1.807) is 30.3 Å². The van der Waals surface area contributed by atoms with E-state index in [4.69, 9.17) is 4.74 Å². The Labute approximate surface area is 175 Å². The molecule has 0 amide bonds. The van der Waals surface area contributed by atoms with Crippen molar-refractivity contribution in [1.29, 1.82) is 0 Å². The molecule has 1 aromatic heterocycles. The zero-order chi connectivity index (χ0) is 21.5. The average molecular weight is 407 g/mol. The third kappa shape index (κ3) is 5.11. The molecule has 0 aliphatic carbocycles. The van der Waals surface area contributed by atoms with Crippen molar-refractivity contribution < 1.29 is 14.5 Å². The number of non-ortho nitro benzene ring substituents is 1. The normalized spacial score (nSPS) is 10.7. The number of esters is 1. The highest BCUT2D eigenvalue weighted by Gasteiger charge is 2.16. The Balaban J connectivity index is 1.78. The predicted molar refractivity (Wildman–Crippen MR) is 114 cm³/mol. The lowest BCUT2D eigenvalue weighted by molar-refractivity contribution is -0.384. The van der Waals surface area contributed by atoms with Crippen molar-refractivity contribution in [3.8, 4) is 11.6 Å². The van der Waals surface area contributed by atoms with Crippen LogP contribution < -0.4 is 4.74 Å². The minimum absolute atomic E-state index is 0.0146. The van der Waals surface area contributed by atoms with E-state index in [1.807, 2.05) is 19.1 Å². The lowest BCUT2D eigenvalue weighted by atomic mass is 10.1. The van der Waals surface area contributed by atoms with Gasteiger partial charge in [-0.3, -0.25) is 10.1 Å². The zero-order valence-corrected chi connectivity index (χ0v) is 17.2. The van der Waals surface area contributed by atoms with Crippen molar-refractivity contribution in [3.63, 3.8) is 0 Å². The summed E-state index contributed by atoms with van der Waals surface area (Å²) in [5.41, 5.74) is 2.98. The van der Waals surface area contributed by atoms with Crippen LogP contribution in [0, 0.1) is 10.1 Å². The second kappa shape index (κ2) is 9.82. The molecule has 0 spiro atoms. The molecule has 0 bridgehead atoms. The Kier molecular flexibility index (Phi) is 6.95. The molecule has 0 atom stereocenters. The summed E-state index contributed by atoms with van der Waals surface area (Å²) in [5.74, 6) is -0.196. The molecule has 7 heteroatoms. The van der Waals surface area contributed by atoms with Gasteiger partial charge in [0.05, 0.1) is 21.9 Å². The number of carbonyl (C=O) groups is 1. The summed E-state index contributed by atoms with van der Waals surface area (Å²) < 4.78 is 7.10. The van der Waals surface area contributed by atoms with E-state index in [-0.39, 0.29) is 11.6 Å². The van der Waals surface area contributed by atoms with Gasteiger partial charge < -0.3 is 4.74 Å². The number of nitro benzene ring substituents is 1. The standard InChI is InChI=1S/C23H25N3O4/c1-3-5-6-7-17-8-10-18(11-9-17)23(27)30-22-16-19(4-2)24-25(22)20-12-14-21(15-13-20)26(28)29/h8-16H,3-7H2,1-2H3. The zero-order valence-electron chi connectivity index (χ0n) is 17.2. The molecule has 156 valence electrons. The van der Waals surface area contributed by atoms with Gasteiger partial charge in [0.1, 0.15) is 0 Å². The number of nitrogens with zero attached hydrogens (tertiary/aromatic N) is 3. The minimum Gasteiger partial charge on any atom is -0.404 e. The highest BCUT2D eigenvalue weighted by atomic mass is 16.6. The maximum absolute atomic E-state index is 12.7. The summed E-state index contributed by atoms with van der Waals surface area (Å²) in [5, 5.41) is 15.3. The third-order valence-electron chi connectivity index (χ3n) is 4.85. The van der Waals surface area contributed by atoms with Gasteiger partial charge in [0.25, 0.3) is 5.69 Å². The van der Waals surface area contributed by atoms with Crippen molar-refractivity contribution in [3.05, 3.63) is 81.5 Å². The fourth-order valence-corrected chi connectivity index (χ4v) is 3.10. The van der Waals surface area contributed by atoms with Crippen LogP contribution in [0.3, 0.4) is 0 Å². The number of hydrogen-bond donors (Lipinski definition) is 0. The summed E-state index contributed by atoms with van der Waals surface area (Å²) in [6.07, 6.45) is 5.16. The molecule has 30 heavy (non-hydrogen) atoms. The Morgan fingerprint density at radius 1 is 1.07 bits per heavy atom. The highest BCUT2D eigenvalue weighted by Crippen LogP contribution is 2.23. The molecular formula is C23H25N3O4.